The highest BCUT2D eigenvalue weighted by atomic mass is 16.5. The van der Waals surface area contributed by atoms with Crippen LogP contribution in [0.5, 0.6) is 11.5 Å². The first-order valence-electron chi connectivity index (χ1n) is 9.05. The first-order chi connectivity index (χ1) is 11.7. The second kappa shape index (κ2) is 9.52. The van der Waals surface area contributed by atoms with Gasteiger partial charge in [-0.25, -0.2) is 0 Å². The smallest absolute Gasteiger partial charge is 0.223 e. The van der Waals surface area contributed by atoms with Crippen LogP contribution >= 0.6 is 0 Å². The quantitative estimate of drug-likeness (QED) is 0.728. The predicted octanol–water partition coefficient (Wildman–Crippen LogP) is 2.52. The molecule has 0 aromatic heterocycles. The second-order valence-electron chi connectivity index (χ2n) is 6.22. The lowest BCUT2D eigenvalue weighted by Gasteiger charge is -2.17. The Morgan fingerprint density at radius 3 is 2.67 bits per heavy atom. The third-order valence-corrected chi connectivity index (χ3v) is 4.62. The third-order valence-electron chi connectivity index (χ3n) is 4.62. The van der Waals surface area contributed by atoms with Crippen LogP contribution in [0.2, 0.25) is 0 Å². The number of amides is 1. The van der Waals surface area contributed by atoms with Crippen molar-refractivity contribution in [3.05, 3.63) is 23.8 Å². The van der Waals surface area contributed by atoms with E-state index in [1.165, 1.54) is 0 Å². The number of carbonyl (C=O) groups is 1. The van der Waals surface area contributed by atoms with E-state index in [4.69, 9.17) is 15.2 Å². The first kappa shape index (κ1) is 18.6. The number of hydrogen-bond acceptors (Lipinski definition) is 4. The molecule has 2 rings (SSSR count). The molecule has 0 spiro atoms. The molecule has 0 aliphatic heterocycles. The van der Waals surface area contributed by atoms with Crippen LogP contribution in [0.1, 0.15) is 38.7 Å². The van der Waals surface area contributed by atoms with Crippen LogP contribution in [-0.4, -0.2) is 32.2 Å². The SMILES string of the molecule is CCOc1ccc(CCNC(=O)[C@@H]2CCC[C@@H]2CN)cc1OCC. The van der Waals surface area contributed by atoms with E-state index >= 15 is 0 Å². The maximum atomic E-state index is 12.3. The summed E-state index contributed by atoms with van der Waals surface area (Å²) in [6, 6.07) is 5.96. The van der Waals surface area contributed by atoms with Gasteiger partial charge in [-0.3, -0.25) is 4.79 Å². The van der Waals surface area contributed by atoms with Crippen molar-refractivity contribution in [1.82, 2.24) is 5.32 Å². The molecule has 0 radical (unpaired) electrons. The zero-order chi connectivity index (χ0) is 17.4. The summed E-state index contributed by atoms with van der Waals surface area (Å²) in [6.45, 7) is 6.36. The molecule has 5 nitrogen and oxygen atoms in total. The second-order valence-corrected chi connectivity index (χ2v) is 6.22. The van der Waals surface area contributed by atoms with Gasteiger partial charge in [-0.05, 0) is 63.3 Å². The normalized spacial score (nSPS) is 20.0. The molecule has 1 saturated carbocycles. The van der Waals surface area contributed by atoms with Crippen molar-refractivity contribution in [3.63, 3.8) is 0 Å². The number of benzene rings is 1. The molecule has 1 aromatic carbocycles. The highest BCUT2D eigenvalue weighted by Crippen LogP contribution is 2.31. The molecule has 5 heteroatoms. The van der Waals surface area contributed by atoms with Gasteiger partial charge in [-0.1, -0.05) is 12.5 Å². The summed E-state index contributed by atoms with van der Waals surface area (Å²) in [5, 5.41) is 3.06. The average Bonchev–Trinajstić information content (AvgIpc) is 3.06. The highest BCUT2D eigenvalue weighted by molar-refractivity contribution is 5.79. The van der Waals surface area contributed by atoms with E-state index < -0.39 is 0 Å². The summed E-state index contributed by atoms with van der Waals surface area (Å²) < 4.78 is 11.2. The van der Waals surface area contributed by atoms with E-state index in [1.54, 1.807) is 0 Å². The molecule has 1 fully saturated rings. The Morgan fingerprint density at radius 1 is 1.21 bits per heavy atom. The number of nitrogens with two attached hydrogens (primary N) is 1. The Bertz CT molecular complexity index is 533. The van der Waals surface area contributed by atoms with Gasteiger partial charge in [0, 0.05) is 12.5 Å². The van der Waals surface area contributed by atoms with Crippen molar-refractivity contribution < 1.29 is 14.3 Å². The molecule has 0 unspecified atom stereocenters. The Balaban J connectivity index is 1.87. The number of ether oxygens (including phenoxy) is 2. The topological polar surface area (TPSA) is 73.6 Å². The minimum absolute atomic E-state index is 0.0920. The molecule has 1 amide bonds. The van der Waals surface area contributed by atoms with Crippen molar-refractivity contribution in [2.45, 2.75) is 39.5 Å². The van der Waals surface area contributed by atoms with Crippen molar-refractivity contribution in [2.24, 2.45) is 17.6 Å². The molecule has 24 heavy (non-hydrogen) atoms. The van der Waals surface area contributed by atoms with Crippen LogP contribution in [-0.2, 0) is 11.2 Å². The standard InChI is InChI=1S/C19H30N2O3/c1-3-23-17-9-8-14(12-18(17)24-4-2)10-11-21-19(22)16-7-5-6-15(16)13-20/h8-9,12,15-16H,3-7,10-11,13,20H2,1-2H3,(H,21,22)/t15-,16-/m1/s1. The van der Waals surface area contributed by atoms with E-state index in [2.05, 4.69) is 5.32 Å². The van der Waals surface area contributed by atoms with Crippen molar-refractivity contribution >= 4 is 5.91 Å². The van der Waals surface area contributed by atoms with Crippen LogP contribution in [0, 0.1) is 11.8 Å². The fraction of sp³-hybridized carbons (Fsp3) is 0.632. The maximum absolute atomic E-state index is 12.3. The van der Waals surface area contributed by atoms with E-state index in [0.717, 1.165) is 42.7 Å². The van der Waals surface area contributed by atoms with Gasteiger partial charge >= 0.3 is 0 Å². The Kier molecular flexibility index (Phi) is 7.37. The molecule has 2 atom stereocenters. The first-order valence-corrected chi connectivity index (χ1v) is 9.05. The van der Waals surface area contributed by atoms with Gasteiger partial charge in [0.25, 0.3) is 0 Å². The third kappa shape index (κ3) is 4.87. The molecule has 1 aliphatic carbocycles. The summed E-state index contributed by atoms with van der Waals surface area (Å²) in [4.78, 5) is 12.3. The molecule has 0 bridgehead atoms. The van der Waals surface area contributed by atoms with E-state index in [9.17, 15) is 4.79 Å². The Morgan fingerprint density at radius 2 is 1.96 bits per heavy atom. The van der Waals surface area contributed by atoms with Gasteiger partial charge in [0.1, 0.15) is 0 Å². The summed E-state index contributed by atoms with van der Waals surface area (Å²) in [6.07, 6.45) is 3.92. The van der Waals surface area contributed by atoms with E-state index in [1.807, 2.05) is 32.0 Å². The minimum atomic E-state index is 0.0920. The summed E-state index contributed by atoms with van der Waals surface area (Å²) in [5.41, 5.74) is 6.89. The fourth-order valence-corrected chi connectivity index (χ4v) is 3.38. The molecular formula is C19H30N2O3. The number of carbonyl (C=O) groups excluding carboxylic acids is 1. The monoisotopic (exact) mass is 334 g/mol. The van der Waals surface area contributed by atoms with Crippen molar-refractivity contribution in [1.29, 1.82) is 0 Å². The van der Waals surface area contributed by atoms with Gasteiger partial charge in [0.2, 0.25) is 5.91 Å². The van der Waals surface area contributed by atoms with Gasteiger partial charge in [0.15, 0.2) is 11.5 Å². The van der Waals surface area contributed by atoms with Crippen LogP contribution in [0.25, 0.3) is 0 Å². The minimum Gasteiger partial charge on any atom is -0.490 e. The van der Waals surface area contributed by atoms with Gasteiger partial charge in [-0.2, -0.15) is 0 Å². The average molecular weight is 334 g/mol. The van der Waals surface area contributed by atoms with Crippen molar-refractivity contribution in [3.8, 4) is 11.5 Å². The number of rotatable bonds is 9. The zero-order valence-electron chi connectivity index (χ0n) is 14.8. The Labute approximate surface area is 144 Å². The molecular weight excluding hydrogens is 304 g/mol. The summed E-state index contributed by atoms with van der Waals surface area (Å²) in [5.74, 6) is 2.12. The lowest BCUT2D eigenvalue weighted by molar-refractivity contribution is -0.125. The van der Waals surface area contributed by atoms with Crippen LogP contribution in [0.15, 0.2) is 18.2 Å². The molecule has 3 N–H and O–H groups in total. The Hall–Kier alpha value is -1.75. The van der Waals surface area contributed by atoms with E-state index in [-0.39, 0.29) is 11.8 Å². The number of hydrogen-bond donors (Lipinski definition) is 2. The fourth-order valence-electron chi connectivity index (χ4n) is 3.38. The molecule has 0 heterocycles. The summed E-state index contributed by atoms with van der Waals surface area (Å²) >= 11 is 0. The number of nitrogens with one attached hydrogen (secondary N) is 1. The molecule has 1 aromatic rings. The predicted molar refractivity (Wildman–Crippen MR) is 95.4 cm³/mol. The van der Waals surface area contributed by atoms with E-state index in [0.29, 0.717) is 32.2 Å². The van der Waals surface area contributed by atoms with Gasteiger partial charge in [-0.15, -0.1) is 0 Å². The van der Waals surface area contributed by atoms with Crippen molar-refractivity contribution in [2.75, 3.05) is 26.3 Å². The van der Waals surface area contributed by atoms with Crippen LogP contribution in [0.4, 0.5) is 0 Å². The zero-order valence-corrected chi connectivity index (χ0v) is 14.8. The molecule has 0 saturated heterocycles. The molecule has 134 valence electrons. The van der Waals surface area contributed by atoms with Gasteiger partial charge < -0.3 is 20.5 Å². The maximum Gasteiger partial charge on any atom is 0.223 e. The highest BCUT2D eigenvalue weighted by Gasteiger charge is 2.31. The van der Waals surface area contributed by atoms with Crippen LogP contribution in [0.3, 0.4) is 0 Å². The molecule has 1 aliphatic rings. The van der Waals surface area contributed by atoms with Crippen LogP contribution < -0.4 is 20.5 Å². The lowest BCUT2D eigenvalue weighted by atomic mass is 9.95. The van der Waals surface area contributed by atoms with Gasteiger partial charge in [0.05, 0.1) is 13.2 Å². The largest absolute Gasteiger partial charge is 0.490 e. The summed E-state index contributed by atoms with van der Waals surface area (Å²) in [7, 11) is 0. The lowest BCUT2D eigenvalue weighted by Crippen LogP contribution is -2.36.